The molecule has 0 atom stereocenters. The molecule has 0 amide bonds. The van der Waals surface area contributed by atoms with Crippen LogP contribution in [0.4, 0.5) is 5.69 Å². The van der Waals surface area contributed by atoms with Gasteiger partial charge in [-0.2, -0.15) is 4.99 Å². The van der Waals surface area contributed by atoms with E-state index >= 15 is 0 Å². The Morgan fingerprint density at radius 2 is 2.08 bits per heavy atom. The molecule has 1 aromatic carbocycles. The lowest BCUT2D eigenvalue weighted by atomic mass is 10.2. The van der Waals surface area contributed by atoms with Crippen molar-refractivity contribution in [1.29, 1.82) is 0 Å². The van der Waals surface area contributed by atoms with Crippen LogP contribution in [0.2, 0.25) is 0 Å². The molecule has 0 aliphatic heterocycles. The van der Waals surface area contributed by atoms with Gasteiger partial charge < -0.3 is 5.11 Å². The van der Waals surface area contributed by atoms with E-state index in [-0.39, 0.29) is 6.61 Å². The van der Waals surface area contributed by atoms with Crippen molar-refractivity contribution in [3.63, 3.8) is 0 Å². The number of isocyanates is 1. The van der Waals surface area contributed by atoms with E-state index in [4.69, 9.17) is 5.11 Å². The minimum atomic E-state index is 0.0221. The topological polar surface area (TPSA) is 49.7 Å². The maximum absolute atomic E-state index is 9.89. The Morgan fingerprint density at radius 1 is 1.38 bits per heavy atom. The van der Waals surface area contributed by atoms with E-state index < -0.39 is 0 Å². The molecule has 1 N–H and O–H groups in total. The second-order valence-electron chi connectivity index (χ2n) is 2.38. The summed E-state index contributed by atoms with van der Waals surface area (Å²) in [5.41, 5.74) is 1.54. The third-order valence-electron chi connectivity index (χ3n) is 1.48. The summed E-state index contributed by atoms with van der Waals surface area (Å²) in [7, 11) is 0. The smallest absolute Gasteiger partial charge is 0.240 e. The molecule has 0 fully saturated rings. The molecule has 66 valence electrons. The minimum absolute atomic E-state index is 0.0221. The summed E-state index contributed by atoms with van der Waals surface area (Å²) in [5, 5.41) is 8.51. The highest BCUT2D eigenvalue weighted by Crippen LogP contribution is 2.12. The van der Waals surface area contributed by atoms with Gasteiger partial charge in [-0.05, 0) is 17.7 Å². The van der Waals surface area contributed by atoms with Gasteiger partial charge in [0.2, 0.25) is 6.08 Å². The van der Waals surface area contributed by atoms with Crippen LogP contribution in [-0.4, -0.2) is 17.8 Å². The second-order valence-corrected chi connectivity index (χ2v) is 2.38. The first-order valence-electron chi connectivity index (χ1n) is 3.82. The average Bonchev–Trinajstić information content (AvgIpc) is 2.17. The first-order valence-corrected chi connectivity index (χ1v) is 3.82. The zero-order chi connectivity index (χ0) is 9.52. The first-order chi connectivity index (χ1) is 6.36. The summed E-state index contributed by atoms with van der Waals surface area (Å²) in [6, 6.07) is 7.04. The molecule has 13 heavy (non-hydrogen) atoms. The quantitative estimate of drug-likeness (QED) is 0.561. The highest BCUT2D eigenvalue weighted by Gasteiger charge is 1.88. The SMILES string of the molecule is O=C=Nc1ccc(C=CCO)cc1. The number of carbonyl (C=O) groups excluding carboxylic acids is 1. The van der Waals surface area contributed by atoms with Crippen LogP contribution in [-0.2, 0) is 4.79 Å². The van der Waals surface area contributed by atoms with Crippen LogP contribution in [0.15, 0.2) is 35.3 Å². The largest absolute Gasteiger partial charge is 0.392 e. The normalized spacial score (nSPS) is 9.92. The standard InChI is InChI=1S/C10H9NO2/c12-7-1-2-9-3-5-10(6-4-9)11-8-13/h1-6,12H,7H2. The van der Waals surface area contributed by atoms with Gasteiger partial charge in [0.15, 0.2) is 0 Å². The highest BCUT2D eigenvalue weighted by atomic mass is 16.2. The van der Waals surface area contributed by atoms with Crippen LogP contribution in [0.3, 0.4) is 0 Å². The number of nitrogens with zero attached hydrogens (tertiary/aromatic N) is 1. The molecule has 0 saturated carbocycles. The third-order valence-corrected chi connectivity index (χ3v) is 1.48. The molecule has 0 unspecified atom stereocenters. The third kappa shape index (κ3) is 3.03. The van der Waals surface area contributed by atoms with Gasteiger partial charge in [0.05, 0.1) is 12.3 Å². The van der Waals surface area contributed by atoms with Crippen molar-refractivity contribution in [2.24, 2.45) is 4.99 Å². The number of aliphatic hydroxyl groups is 1. The Kier molecular flexibility index (Phi) is 3.64. The lowest BCUT2D eigenvalue weighted by Crippen LogP contribution is -1.73. The fourth-order valence-electron chi connectivity index (χ4n) is 0.901. The summed E-state index contributed by atoms with van der Waals surface area (Å²) < 4.78 is 0. The zero-order valence-electron chi connectivity index (χ0n) is 6.97. The van der Waals surface area contributed by atoms with Crippen molar-refractivity contribution in [2.75, 3.05) is 6.61 Å². The number of hydrogen-bond acceptors (Lipinski definition) is 3. The molecule has 0 radical (unpaired) electrons. The van der Waals surface area contributed by atoms with Crippen molar-refractivity contribution in [2.45, 2.75) is 0 Å². The molecule has 3 nitrogen and oxygen atoms in total. The van der Waals surface area contributed by atoms with Crippen molar-refractivity contribution in [3.8, 4) is 0 Å². The van der Waals surface area contributed by atoms with Crippen molar-refractivity contribution in [3.05, 3.63) is 35.9 Å². The monoisotopic (exact) mass is 175 g/mol. The fourth-order valence-corrected chi connectivity index (χ4v) is 0.901. The van der Waals surface area contributed by atoms with Crippen LogP contribution in [0.1, 0.15) is 5.56 Å². The van der Waals surface area contributed by atoms with Crippen LogP contribution in [0.25, 0.3) is 6.08 Å². The Bertz CT molecular complexity index is 334. The lowest BCUT2D eigenvalue weighted by molar-refractivity contribution is 0.343. The highest BCUT2D eigenvalue weighted by molar-refractivity contribution is 5.55. The maximum atomic E-state index is 9.89. The van der Waals surface area contributed by atoms with Gasteiger partial charge >= 0.3 is 0 Å². The molecule has 0 saturated heterocycles. The van der Waals surface area contributed by atoms with Gasteiger partial charge in [-0.3, -0.25) is 0 Å². The second kappa shape index (κ2) is 5.04. The van der Waals surface area contributed by atoms with E-state index in [9.17, 15) is 4.79 Å². The predicted molar refractivity (Wildman–Crippen MR) is 50.3 cm³/mol. The Labute approximate surface area is 76.1 Å². The molecule has 0 bridgehead atoms. The molecule has 3 heteroatoms. The molecule has 1 rings (SSSR count). The molecule has 0 spiro atoms. The van der Waals surface area contributed by atoms with Crippen LogP contribution >= 0.6 is 0 Å². The van der Waals surface area contributed by atoms with Crippen LogP contribution < -0.4 is 0 Å². The number of benzene rings is 1. The van der Waals surface area contributed by atoms with Crippen LogP contribution in [0, 0.1) is 0 Å². The van der Waals surface area contributed by atoms with E-state index in [1.165, 1.54) is 6.08 Å². The average molecular weight is 175 g/mol. The summed E-state index contributed by atoms with van der Waals surface area (Å²) in [6.45, 7) is 0.0221. The molecule has 0 heterocycles. The molecule has 0 aliphatic carbocycles. The van der Waals surface area contributed by atoms with Crippen molar-refractivity contribution in [1.82, 2.24) is 0 Å². The summed E-state index contributed by atoms with van der Waals surface area (Å²) in [4.78, 5) is 13.3. The molecular formula is C10H9NO2. The van der Waals surface area contributed by atoms with E-state index in [1.807, 2.05) is 12.1 Å². The number of aliphatic imine (C=N–C) groups is 1. The molecule has 0 aliphatic rings. The van der Waals surface area contributed by atoms with Crippen molar-refractivity contribution < 1.29 is 9.90 Å². The van der Waals surface area contributed by atoms with Crippen LogP contribution in [0.5, 0.6) is 0 Å². The van der Waals surface area contributed by atoms with Gasteiger partial charge in [0.1, 0.15) is 0 Å². The van der Waals surface area contributed by atoms with E-state index in [0.29, 0.717) is 5.69 Å². The molecule has 1 aromatic rings. The maximum Gasteiger partial charge on any atom is 0.240 e. The van der Waals surface area contributed by atoms with Gasteiger partial charge in [0, 0.05) is 0 Å². The van der Waals surface area contributed by atoms with E-state index in [0.717, 1.165) is 5.56 Å². The van der Waals surface area contributed by atoms with E-state index in [2.05, 4.69) is 4.99 Å². The van der Waals surface area contributed by atoms with Gasteiger partial charge in [-0.25, -0.2) is 4.79 Å². The minimum Gasteiger partial charge on any atom is -0.392 e. The predicted octanol–water partition coefficient (Wildman–Crippen LogP) is 1.66. The Morgan fingerprint density at radius 3 is 2.62 bits per heavy atom. The van der Waals surface area contributed by atoms with Gasteiger partial charge in [-0.15, -0.1) is 0 Å². The number of aliphatic hydroxyl groups excluding tert-OH is 1. The summed E-state index contributed by atoms with van der Waals surface area (Å²) >= 11 is 0. The zero-order valence-corrected chi connectivity index (χ0v) is 6.97. The summed E-state index contributed by atoms with van der Waals surface area (Å²) in [6.07, 6.45) is 4.89. The lowest BCUT2D eigenvalue weighted by Gasteiger charge is -1.92. The Balaban J connectivity index is 2.80. The molecular weight excluding hydrogens is 166 g/mol. The van der Waals surface area contributed by atoms with Gasteiger partial charge in [-0.1, -0.05) is 24.3 Å². The number of rotatable bonds is 3. The summed E-state index contributed by atoms with van der Waals surface area (Å²) in [5.74, 6) is 0. The van der Waals surface area contributed by atoms with Gasteiger partial charge in [0.25, 0.3) is 0 Å². The Hall–Kier alpha value is -1.70. The first kappa shape index (κ1) is 9.39. The van der Waals surface area contributed by atoms with Crippen molar-refractivity contribution >= 4 is 17.8 Å². The fraction of sp³-hybridized carbons (Fsp3) is 0.100. The van der Waals surface area contributed by atoms with E-state index in [1.54, 1.807) is 24.3 Å². The molecule has 0 aromatic heterocycles. The number of hydrogen-bond donors (Lipinski definition) is 1.